The van der Waals surface area contributed by atoms with Crippen LogP contribution in [0.25, 0.3) is 0 Å². The minimum Gasteiger partial charge on any atom is -0.378 e. The van der Waals surface area contributed by atoms with E-state index in [0.29, 0.717) is 5.11 Å². The van der Waals surface area contributed by atoms with Gasteiger partial charge in [-0.3, -0.25) is 0 Å². The molecule has 1 aliphatic heterocycles. The largest absolute Gasteiger partial charge is 0.378 e. The number of hydrogen-bond donors (Lipinski definition) is 2. The molecule has 1 heterocycles. The van der Waals surface area contributed by atoms with Crippen molar-refractivity contribution in [1.29, 1.82) is 0 Å². The Bertz CT molecular complexity index is 709. The lowest BCUT2D eigenvalue weighted by Gasteiger charge is -2.29. The Morgan fingerprint density at radius 1 is 0.917 bits per heavy atom. The topological polar surface area (TPSA) is 36.5 Å². The highest BCUT2D eigenvalue weighted by atomic mass is 32.1. The standard InChI is InChI=1S/C19H23N3OS/c1-14-3-4-17(13-15(14)2)21-19(24)20-16-5-7-18(8-6-16)22-9-11-23-12-10-22/h3-8,13H,9-12H2,1-2H3,(H2,20,21,24). The van der Waals surface area contributed by atoms with Gasteiger partial charge < -0.3 is 20.3 Å². The van der Waals surface area contributed by atoms with E-state index in [9.17, 15) is 0 Å². The maximum Gasteiger partial charge on any atom is 0.175 e. The highest BCUT2D eigenvalue weighted by Gasteiger charge is 2.10. The Morgan fingerprint density at radius 2 is 1.54 bits per heavy atom. The number of aryl methyl sites for hydroxylation is 2. The average Bonchev–Trinajstić information content (AvgIpc) is 2.59. The smallest absolute Gasteiger partial charge is 0.175 e. The first kappa shape index (κ1) is 16.7. The van der Waals surface area contributed by atoms with E-state index in [-0.39, 0.29) is 0 Å². The van der Waals surface area contributed by atoms with Crippen molar-refractivity contribution in [2.45, 2.75) is 13.8 Å². The fourth-order valence-corrected chi connectivity index (χ4v) is 2.93. The van der Waals surface area contributed by atoms with Gasteiger partial charge in [0.1, 0.15) is 0 Å². The lowest BCUT2D eigenvalue weighted by atomic mass is 10.1. The molecular formula is C19H23N3OS. The second-order valence-electron chi connectivity index (χ2n) is 6.02. The summed E-state index contributed by atoms with van der Waals surface area (Å²) in [5, 5.41) is 7.06. The van der Waals surface area contributed by atoms with Gasteiger partial charge in [0.2, 0.25) is 0 Å². The predicted molar refractivity (Wildman–Crippen MR) is 105 cm³/mol. The van der Waals surface area contributed by atoms with Gasteiger partial charge in [-0.25, -0.2) is 0 Å². The molecule has 1 saturated heterocycles. The summed E-state index contributed by atoms with van der Waals surface area (Å²) in [6.07, 6.45) is 0. The number of ether oxygens (including phenoxy) is 1. The van der Waals surface area contributed by atoms with Crippen LogP contribution in [-0.4, -0.2) is 31.4 Å². The van der Waals surface area contributed by atoms with E-state index in [4.69, 9.17) is 17.0 Å². The Labute approximate surface area is 148 Å². The van der Waals surface area contributed by atoms with Gasteiger partial charge in [-0.1, -0.05) is 6.07 Å². The van der Waals surface area contributed by atoms with Crippen molar-refractivity contribution < 1.29 is 4.74 Å². The first-order valence-electron chi connectivity index (χ1n) is 8.20. The zero-order valence-electron chi connectivity index (χ0n) is 14.1. The van der Waals surface area contributed by atoms with Crippen LogP contribution in [0.15, 0.2) is 42.5 Å². The molecule has 0 aliphatic carbocycles. The van der Waals surface area contributed by atoms with E-state index < -0.39 is 0 Å². The number of hydrogen-bond acceptors (Lipinski definition) is 3. The van der Waals surface area contributed by atoms with E-state index in [1.165, 1.54) is 16.8 Å². The molecule has 0 bridgehead atoms. The van der Waals surface area contributed by atoms with Crippen LogP contribution >= 0.6 is 12.2 Å². The average molecular weight is 341 g/mol. The summed E-state index contributed by atoms with van der Waals surface area (Å²) in [6.45, 7) is 7.68. The number of rotatable bonds is 3. The van der Waals surface area contributed by atoms with Gasteiger partial charge in [0.25, 0.3) is 0 Å². The van der Waals surface area contributed by atoms with Crippen molar-refractivity contribution in [3.8, 4) is 0 Å². The van der Waals surface area contributed by atoms with Gasteiger partial charge in [0.05, 0.1) is 13.2 Å². The molecule has 2 aromatic carbocycles. The molecule has 0 unspecified atom stereocenters. The number of benzene rings is 2. The second-order valence-corrected chi connectivity index (χ2v) is 6.43. The second kappa shape index (κ2) is 7.64. The molecule has 1 fully saturated rings. The molecule has 2 N–H and O–H groups in total. The molecule has 5 heteroatoms. The van der Waals surface area contributed by atoms with Crippen molar-refractivity contribution >= 4 is 34.4 Å². The van der Waals surface area contributed by atoms with E-state index in [0.717, 1.165) is 37.7 Å². The van der Waals surface area contributed by atoms with Crippen LogP contribution in [0.5, 0.6) is 0 Å². The molecule has 2 aromatic rings. The van der Waals surface area contributed by atoms with Gasteiger partial charge in [-0.05, 0) is 73.6 Å². The zero-order valence-corrected chi connectivity index (χ0v) is 15.0. The maximum atomic E-state index is 5.40. The van der Waals surface area contributed by atoms with Gasteiger partial charge >= 0.3 is 0 Å². The Morgan fingerprint density at radius 3 is 2.21 bits per heavy atom. The molecule has 0 spiro atoms. The van der Waals surface area contributed by atoms with Crippen LogP contribution in [-0.2, 0) is 4.74 Å². The van der Waals surface area contributed by atoms with Crippen LogP contribution in [0.3, 0.4) is 0 Å². The van der Waals surface area contributed by atoms with Crippen LogP contribution < -0.4 is 15.5 Å². The molecule has 0 aromatic heterocycles. The summed E-state index contributed by atoms with van der Waals surface area (Å²) >= 11 is 5.40. The number of nitrogens with one attached hydrogen (secondary N) is 2. The quantitative estimate of drug-likeness (QED) is 0.827. The van der Waals surface area contributed by atoms with E-state index in [1.807, 2.05) is 6.07 Å². The third-order valence-electron chi connectivity index (χ3n) is 4.27. The predicted octanol–water partition coefficient (Wildman–Crippen LogP) is 3.95. The highest BCUT2D eigenvalue weighted by molar-refractivity contribution is 7.80. The summed E-state index contributed by atoms with van der Waals surface area (Å²) in [6, 6.07) is 14.6. The lowest BCUT2D eigenvalue weighted by molar-refractivity contribution is 0.122. The first-order valence-corrected chi connectivity index (χ1v) is 8.61. The summed E-state index contributed by atoms with van der Waals surface area (Å²) in [4.78, 5) is 2.33. The van der Waals surface area contributed by atoms with Crippen molar-refractivity contribution in [1.82, 2.24) is 0 Å². The fourth-order valence-electron chi connectivity index (χ4n) is 2.69. The Hall–Kier alpha value is -2.11. The van der Waals surface area contributed by atoms with Crippen LogP contribution in [0.2, 0.25) is 0 Å². The third-order valence-corrected chi connectivity index (χ3v) is 4.47. The van der Waals surface area contributed by atoms with Gasteiger partial charge in [0, 0.05) is 30.2 Å². The van der Waals surface area contributed by atoms with Gasteiger partial charge in [-0.2, -0.15) is 0 Å². The van der Waals surface area contributed by atoms with E-state index >= 15 is 0 Å². The van der Waals surface area contributed by atoms with Gasteiger partial charge in [0.15, 0.2) is 5.11 Å². The molecule has 0 radical (unpaired) electrons. The molecule has 0 saturated carbocycles. The molecule has 1 aliphatic rings. The normalized spacial score (nSPS) is 14.3. The number of nitrogens with zero attached hydrogens (tertiary/aromatic N) is 1. The summed E-state index contributed by atoms with van der Waals surface area (Å²) in [5.74, 6) is 0. The van der Waals surface area contributed by atoms with Crippen molar-refractivity contribution in [2.24, 2.45) is 0 Å². The van der Waals surface area contributed by atoms with Crippen molar-refractivity contribution in [3.05, 3.63) is 53.6 Å². The SMILES string of the molecule is Cc1ccc(NC(=S)Nc2ccc(N3CCOCC3)cc2)cc1C. The Kier molecular flexibility index (Phi) is 5.33. The van der Waals surface area contributed by atoms with Crippen LogP contribution in [0.1, 0.15) is 11.1 Å². The minimum atomic E-state index is 0.595. The summed E-state index contributed by atoms with van der Waals surface area (Å²) in [5.41, 5.74) is 5.72. The number of thiocarbonyl (C=S) groups is 1. The molecule has 3 rings (SSSR count). The third kappa shape index (κ3) is 4.24. The number of anilines is 3. The monoisotopic (exact) mass is 341 g/mol. The van der Waals surface area contributed by atoms with E-state index in [1.54, 1.807) is 0 Å². The molecule has 0 atom stereocenters. The fraction of sp³-hybridized carbons (Fsp3) is 0.316. The molecule has 24 heavy (non-hydrogen) atoms. The molecule has 4 nitrogen and oxygen atoms in total. The minimum absolute atomic E-state index is 0.595. The lowest BCUT2D eigenvalue weighted by Crippen LogP contribution is -2.36. The van der Waals surface area contributed by atoms with Gasteiger partial charge in [-0.15, -0.1) is 0 Å². The summed E-state index contributed by atoms with van der Waals surface area (Å²) in [7, 11) is 0. The zero-order chi connectivity index (χ0) is 16.9. The van der Waals surface area contributed by atoms with Crippen molar-refractivity contribution in [2.75, 3.05) is 41.8 Å². The molecule has 126 valence electrons. The highest BCUT2D eigenvalue weighted by Crippen LogP contribution is 2.20. The first-order chi connectivity index (χ1) is 11.6. The van der Waals surface area contributed by atoms with E-state index in [2.05, 4.69) is 65.8 Å². The number of morpholine rings is 1. The maximum absolute atomic E-state index is 5.40. The van der Waals surface area contributed by atoms with Crippen molar-refractivity contribution in [3.63, 3.8) is 0 Å². The molecular weight excluding hydrogens is 318 g/mol. The summed E-state index contributed by atoms with van der Waals surface area (Å²) < 4.78 is 5.39. The van der Waals surface area contributed by atoms with Crippen LogP contribution in [0.4, 0.5) is 17.1 Å². The Balaban J connectivity index is 1.58. The van der Waals surface area contributed by atoms with Crippen LogP contribution in [0, 0.1) is 13.8 Å². The molecule has 0 amide bonds.